The van der Waals surface area contributed by atoms with Gasteiger partial charge in [-0.3, -0.25) is 4.79 Å². The van der Waals surface area contributed by atoms with Crippen molar-refractivity contribution < 1.29 is 14.6 Å². The monoisotopic (exact) mass is 452 g/mol. The molecule has 0 aromatic rings. The largest absolute Gasteiger partial charge is 0.453 e. The number of fused-ring (bicyclic) bond motifs is 2. The zero-order valence-electron chi connectivity index (χ0n) is 21.8. The van der Waals surface area contributed by atoms with E-state index in [0.29, 0.717) is 11.8 Å². The summed E-state index contributed by atoms with van der Waals surface area (Å²) in [5.74, 6) is 1.58. The van der Waals surface area contributed by atoms with Crippen LogP contribution in [0.2, 0.25) is 0 Å². The lowest BCUT2D eigenvalue weighted by atomic mass is 9.38. The second-order valence-electron chi connectivity index (χ2n) is 13.4. The van der Waals surface area contributed by atoms with Crippen LogP contribution in [0.1, 0.15) is 87.0 Å². The van der Waals surface area contributed by atoms with E-state index >= 15 is 0 Å². The minimum atomic E-state index is -0.652. The van der Waals surface area contributed by atoms with Crippen molar-refractivity contribution in [2.24, 2.45) is 45.3 Å². The molecule has 1 N–H and O–H groups in total. The summed E-state index contributed by atoms with van der Waals surface area (Å²) in [5.41, 5.74) is 0.0873. The maximum atomic E-state index is 13.9. The van der Waals surface area contributed by atoms with E-state index in [9.17, 15) is 9.90 Å². The maximum Gasteiger partial charge on any atom is 0.314 e. The van der Waals surface area contributed by atoms with Crippen LogP contribution >= 0.6 is 0 Å². The molecule has 1 spiro atoms. The van der Waals surface area contributed by atoms with E-state index in [-0.39, 0.29) is 28.6 Å². The van der Waals surface area contributed by atoms with Crippen LogP contribution in [0.5, 0.6) is 0 Å². The highest BCUT2D eigenvalue weighted by molar-refractivity contribution is 5.83. The van der Waals surface area contributed by atoms with Gasteiger partial charge in [0.05, 0.1) is 11.5 Å². The Balaban J connectivity index is 1.55. The summed E-state index contributed by atoms with van der Waals surface area (Å²) in [6, 6.07) is 0. The molecule has 1 aliphatic heterocycles. The molecule has 1 heterocycles. The topological polar surface area (TPSA) is 46.5 Å². The Labute approximate surface area is 200 Å². The molecule has 0 amide bonds. The van der Waals surface area contributed by atoms with Gasteiger partial charge in [-0.2, -0.15) is 0 Å². The summed E-state index contributed by atoms with van der Waals surface area (Å²) >= 11 is 0. The fourth-order valence-corrected chi connectivity index (χ4v) is 9.51. The standard InChI is InChI=1S/C30H44O3/c1-19(2)9-8-10-20(3)21-13-15-28(7)22-14-16-30-23(11-12-24(31)26(30,4)5)29(22,25(32)33-30)18-17-27(21,28)6/h8-10,14,16,20-24,31H,11-13,15,17-18H2,1-7H3/b10-8+/t20-,21-,22+,23+,24+,27-,28+,29+,30-/m1/s1. The first kappa shape index (κ1) is 23.4. The molecule has 0 unspecified atom stereocenters. The normalized spacial score (nSPS) is 50.4. The fraction of sp³-hybridized carbons (Fsp3) is 0.767. The Morgan fingerprint density at radius 2 is 1.82 bits per heavy atom. The molecule has 9 atom stereocenters. The van der Waals surface area contributed by atoms with Crippen LogP contribution in [-0.2, 0) is 9.53 Å². The van der Waals surface area contributed by atoms with Crippen LogP contribution in [0.25, 0.3) is 0 Å². The van der Waals surface area contributed by atoms with E-state index in [1.54, 1.807) is 0 Å². The minimum Gasteiger partial charge on any atom is -0.453 e. The fourth-order valence-electron chi connectivity index (χ4n) is 9.51. The van der Waals surface area contributed by atoms with Gasteiger partial charge in [0.1, 0.15) is 5.60 Å². The van der Waals surface area contributed by atoms with Gasteiger partial charge in [0.2, 0.25) is 0 Å². The summed E-state index contributed by atoms with van der Waals surface area (Å²) in [7, 11) is 0. The molecule has 0 radical (unpaired) electrons. The highest BCUT2D eigenvalue weighted by Crippen LogP contribution is 2.77. The van der Waals surface area contributed by atoms with Crippen molar-refractivity contribution in [1.82, 2.24) is 0 Å². The first-order valence-corrected chi connectivity index (χ1v) is 13.3. The molecule has 4 fully saturated rings. The molecule has 5 rings (SSSR count). The molecule has 182 valence electrons. The molecule has 4 aliphatic carbocycles. The van der Waals surface area contributed by atoms with Crippen LogP contribution in [0.15, 0.2) is 36.0 Å². The molecular weight excluding hydrogens is 408 g/mol. The number of hydrogen-bond donors (Lipinski definition) is 1. The van der Waals surface area contributed by atoms with Gasteiger partial charge in [0.15, 0.2) is 0 Å². The van der Waals surface area contributed by atoms with Gasteiger partial charge in [-0.15, -0.1) is 0 Å². The average Bonchev–Trinajstić information content (AvgIpc) is 3.09. The minimum absolute atomic E-state index is 0.0212. The number of carbonyl (C=O) groups excluding carboxylic acids is 1. The predicted molar refractivity (Wildman–Crippen MR) is 132 cm³/mol. The summed E-state index contributed by atoms with van der Waals surface area (Å²) in [6.07, 6.45) is 17.1. The number of carbonyl (C=O) groups is 1. The number of aliphatic hydroxyl groups excluding tert-OH is 1. The first-order chi connectivity index (χ1) is 15.4. The average molecular weight is 453 g/mol. The first-order valence-electron chi connectivity index (χ1n) is 13.3. The van der Waals surface area contributed by atoms with Crippen molar-refractivity contribution in [2.45, 2.75) is 98.7 Å². The van der Waals surface area contributed by atoms with Gasteiger partial charge >= 0.3 is 5.97 Å². The van der Waals surface area contributed by atoms with Crippen LogP contribution in [0.3, 0.4) is 0 Å². The smallest absolute Gasteiger partial charge is 0.314 e. The van der Waals surface area contributed by atoms with E-state index in [1.807, 2.05) is 0 Å². The second-order valence-corrected chi connectivity index (χ2v) is 13.4. The molecule has 3 heteroatoms. The molecule has 3 nitrogen and oxygen atoms in total. The van der Waals surface area contributed by atoms with Crippen LogP contribution in [0.4, 0.5) is 0 Å². The van der Waals surface area contributed by atoms with E-state index in [1.165, 1.54) is 18.4 Å². The lowest BCUT2D eigenvalue weighted by Gasteiger charge is -2.63. The van der Waals surface area contributed by atoms with Crippen LogP contribution in [-0.4, -0.2) is 22.8 Å². The summed E-state index contributed by atoms with van der Waals surface area (Å²) in [6.45, 7) is 15.9. The second kappa shape index (κ2) is 7.09. The Bertz CT molecular complexity index is 938. The zero-order valence-corrected chi connectivity index (χ0v) is 21.8. The van der Waals surface area contributed by atoms with Gasteiger partial charge < -0.3 is 9.84 Å². The van der Waals surface area contributed by atoms with Crippen molar-refractivity contribution >= 4 is 5.97 Å². The SMILES string of the molecule is CC(C)=C/C=C/[C@@H](C)[C@H]1CC[C@@]2(C)[C@@H]3C=C[C@@]45OC(=O)[C@]3(CC[C@]12C)[C@@H]4CC[C@H](O)C5(C)C. The third kappa shape index (κ3) is 2.64. The summed E-state index contributed by atoms with van der Waals surface area (Å²) in [5, 5.41) is 10.9. The van der Waals surface area contributed by atoms with Crippen molar-refractivity contribution in [3.63, 3.8) is 0 Å². The van der Waals surface area contributed by atoms with Crippen LogP contribution in [0, 0.1) is 45.3 Å². The highest BCUT2D eigenvalue weighted by Gasteiger charge is 2.79. The molecular formula is C30H44O3. The van der Waals surface area contributed by atoms with E-state index < -0.39 is 22.5 Å². The number of ether oxygens (including phenoxy) is 1. The van der Waals surface area contributed by atoms with E-state index in [4.69, 9.17) is 4.74 Å². The Kier molecular flexibility index (Phi) is 5.03. The molecule has 5 aliphatic rings. The zero-order chi connectivity index (χ0) is 24.0. The number of esters is 1. The van der Waals surface area contributed by atoms with E-state index in [0.717, 1.165) is 25.7 Å². The van der Waals surface area contributed by atoms with E-state index in [2.05, 4.69) is 78.8 Å². The van der Waals surface area contributed by atoms with Gasteiger partial charge in [-0.25, -0.2) is 0 Å². The summed E-state index contributed by atoms with van der Waals surface area (Å²) in [4.78, 5) is 13.9. The Morgan fingerprint density at radius 3 is 2.52 bits per heavy atom. The molecule has 2 bridgehead atoms. The third-order valence-corrected chi connectivity index (χ3v) is 11.8. The third-order valence-electron chi connectivity index (χ3n) is 11.8. The van der Waals surface area contributed by atoms with Crippen molar-refractivity contribution in [3.05, 3.63) is 36.0 Å². The van der Waals surface area contributed by atoms with Crippen molar-refractivity contribution in [1.29, 1.82) is 0 Å². The summed E-state index contributed by atoms with van der Waals surface area (Å²) < 4.78 is 6.40. The molecule has 3 saturated carbocycles. The van der Waals surface area contributed by atoms with Gasteiger partial charge in [0.25, 0.3) is 0 Å². The molecule has 0 aromatic heterocycles. The van der Waals surface area contributed by atoms with Crippen molar-refractivity contribution in [3.8, 4) is 0 Å². The van der Waals surface area contributed by atoms with Gasteiger partial charge in [0, 0.05) is 11.3 Å². The Morgan fingerprint density at radius 1 is 1.09 bits per heavy atom. The quantitative estimate of drug-likeness (QED) is 0.297. The maximum absolute atomic E-state index is 13.9. The lowest BCUT2D eigenvalue weighted by Crippen LogP contribution is -2.64. The lowest BCUT2D eigenvalue weighted by molar-refractivity contribution is -0.173. The number of hydrogen-bond acceptors (Lipinski definition) is 3. The Hall–Kier alpha value is -1.35. The number of rotatable bonds is 3. The van der Waals surface area contributed by atoms with Gasteiger partial charge in [-0.1, -0.05) is 64.5 Å². The number of allylic oxidation sites excluding steroid dienone is 5. The van der Waals surface area contributed by atoms with Crippen LogP contribution < -0.4 is 0 Å². The van der Waals surface area contributed by atoms with Gasteiger partial charge in [-0.05, 0) is 87.0 Å². The molecule has 0 aromatic carbocycles. The number of aliphatic hydroxyl groups is 1. The molecule has 1 saturated heterocycles. The predicted octanol–water partition coefficient (Wildman–Crippen LogP) is 6.63. The molecule has 33 heavy (non-hydrogen) atoms. The highest BCUT2D eigenvalue weighted by atomic mass is 16.6. The van der Waals surface area contributed by atoms with Crippen molar-refractivity contribution in [2.75, 3.05) is 0 Å².